The van der Waals surface area contributed by atoms with Gasteiger partial charge in [-0.1, -0.05) is 6.42 Å². The molecule has 0 spiro atoms. The van der Waals surface area contributed by atoms with Crippen LogP contribution < -0.4 is 5.32 Å². The van der Waals surface area contributed by atoms with Crippen molar-refractivity contribution in [1.29, 1.82) is 0 Å². The van der Waals surface area contributed by atoms with Gasteiger partial charge < -0.3 is 10.1 Å². The standard InChI is InChI=1S/C16H27NO/c1-10-7-12(5-6-18-10)17-16-9-11-8-15(16)14-4-2-3-13(11)14/h10-17H,2-9H2,1H3. The van der Waals surface area contributed by atoms with Gasteiger partial charge in [0.2, 0.25) is 0 Å². The Morgan fingerprint density at radius 3 is 2.72 bits per heavy atom. The summed E-state index contributed by atoms with van der Waals surface area (Å²) < 4.78 is 5.66. The first-order valence-electron chi connectivity index (χ1n) is 8.19. The number of hydrogen-bond acceptors (Lipinski definition) is 2. The monoisotopic (exact) mass is 249 g/mol. The first kappa shape index (κ1) is 11.7. The van der Waals surface area contributed by atoms with E-state index in [2.05, 4.69) is 12.2 Å². The van der Waals surface area contributed by atoms with Gasteiger partial charge in [0.1, 0.15) is 0 Å². The number of rotatable bonds is 2. The lowest BCUT2D eigenvalue weighted by atomic mass is 9.78. The van der Waals surface area contributed by atoms with Crippen molar-refractivity contribution >= 4 is 0 Å². The minimum Gasteiger partial charge on any atom is -0.378 e. The minimum atomic E-state index is 0.467. The summed E-state index contributed by atoms with van der Waals surface area (Å²) in [6.45, 7) is 3.19. The average Bonchev–Trinajstić information content (AvgIpc) is 2.99. The molecule has 7 atom stereocenters. The lowest BCUT2D eigenvalue weighted by molar-refractivity contribution is 0.00840. The van der Waals surface area contributed by atoms with Gasteiger partial charge in [-0.25, -0.2) is 0 Å². The van der Waals surface area contributed by atoms with Gasteiger partial charge in [-0.2, -0.15) is 0 Å². The van der Waals surface area contributed by atoms with Crippen molar-refractivity contribution in [3.8, 4) is 0 Å². The maximum absolute atomic E-state index is 5.66. The van der Waals surface area contributed by atoms with E-state index in [1.54, 1.807) is 12.8 Å². The topological polar surface area (TPSA) is 21.3 Å². The molecule has 1 saturated heterocycles. The molecule has 2 heteroatoms. The molecule has 2 nitrogen and oxygen atoms in total. The van der Waals surface area contributed by atoms with E-state index in [4.69, 9.17) is 4.74 Å². The lowest BCUT2D eigenvalue weighted by Gasteiger charge is -2.37. The van der Waals surface area contributed by atoms with Gasteiger partial charge in [0.05, 0.1) is 6.10 Å². The Morgan fingerprint density at radius 2 is 1.83 bits per heavy atom. The predicted molar refractivity (Wildman–Crippen MR) is 72.4 cm³/mol. The number of nitrogens with one attached hydrogen (secondary N) is 1. The van der Waals surface area contributed by atoms with E-state index in [1.807, 2.05) is 0 Å². The lowest BCUT2D eigenvalue weighted by Crippen LogP contribution is -2.47. The molecular formula is C16H27NO. The zero-order valence-corrected chi connectivity index (χ0v) is 11.6. The Hall–Kier alpha value is -0.0800. The molecule has 0 aromatic heterocycles. The minimum absolute atomic E-state index is 0.467. The van der Waals surface area contributed by atoms with Crippen LogP contribution in [0.1, 0.15) is 51.9 Å². The molecule has 0 amide bonds. The molecule has 1 heterocycles. The Balaban J connectivity index is 1.39. The van der Waals surface area contributed by atoms with Crippen LogP contribution >= 0.6 is 0 Å². The van der Waals surface area contributed by atoms with Crippen LogP contribution in [0, 0.1) is 23.7 Å². The van der Waals surface area contributed by atoms with Crippen LogP contribution in [-0.4, -0.2) is 24.8 Å². The van der Waals surface area contributed by atoms with Crippen molar-refractivity contribution in [2.24, 2.45) is 23.7 Å². The Kier molecular flexibility index (Phi) is 2.92. The average molecular weight is 249 g/mol. The summed E-state index contributed by atoms with van der Waals surface area (Å²) in [7, 11) is 0. The van der Waals surface area contributed by atoms with Crippen LogP contribution in [0.4, 0.5) is 0 Å². The predicted octanol–water partition coefficient (Wildman–Crippen LogP) is 2.97. The van der Waals surface area contributed by atoms with Gasteiger partial charge in [-0.15, -0.1) is 0 Å². The third kappa shape index (κ3) is 1.84. The number of fused-ring (bicyclic) bond motifs is 5. The zero-order chi connectivity index (χ0) is 12.1. The smallest absolute Gasteiger partial charge is 0.0561 e. The fraction of sp³-hybridized carbons (Fsp3) is 1.00. The molecule has 3 saturated carbocycles. The Morgan fingerprint density at radius 1 is 0.944 bits per heavy atom. The van der Waals surface area contributed by atoms with E-state index in [0.29, 0.717) is 6.10 Å². The summed E-state index contributed by atoms with van der Waals surface area (Å²) in [6.07, 6.45) is 10.6. The molecule has 18 heavy (non-hydrogen) atoms. The maximum atomic E-state index is 5.66. The summed E-state index contributed by atoms with van der Waals surface area (Å²) in [5.41, 5.74) is 0. The van der Waals surface area contributed by atoms with Gasteiger partial charge in [0.25, 0.3) is 0 Å². The number of hydrogen-bond donors (Lipinski definition) is 1. The van der Waals surface area contributed by atoms with E-state index in [0.717, 1.165) is 42.4 Å². The first-order chi connectivity index (χ1) is 8.81. The normalized spacial score (nSPS) is 54.8. The van der Waals surface area contributed by atoms with Gasteiger partial charge in [-0.3, -0.25) is 0 Å². The Bertz CT molecular complexity index is 318. The van der Waals surface area contributed by atoms with E-state index in [-0.39, 0.29) is 0 Å². The van der Waals surface area contributed by atoms with Crippen molar-refractivity contribution in [1.82, 2.24) is 5.32 Å². The Labute approximate surface area is 111 Å². The van der Waals surface area contributed by atoms with Crippen molar-refractivity contribution in [3.05, 3.63) is 0 Å². The van der Waals surface area contributed by atoms with Gasteiger partial charge in [0.15, 0.2) is 0 Å². The summed E-state index contributed by atoms with van der Waals surface area (Å²) in [4.78, 5) is 0. The summed E-state index contributed by atoms with van der Waals surface area (Å²) in [5.74, 6) is 4.33. The van der Waals surface area contributed by atoms with E-state index >= 15 is 0 Å². The van der Waals surface area contributed by atoms with Crippen molar-refractivity contribution in [2.45, 2.75) is 70.1 Å². The first-order valence-corrected chi connectivity index (χ1v) is 8.19. The van der Waals surface area contributed by atoms with Crippen LogP contribution in [0.2, 0.25) is 0 Å². The van der Waals surface area contributed by atoms with Gasteiger partial charge in [-0.05, 0) is 69.1 Å². The van der Waals surface area contributed by atoms with Crippen molar-refractivity contribution < 1.29 is 4.74 Å². The molecule has 0 radical (unpaired) electrons. The summed E-state index contributed by atoms with van der Waals surface area (Å²) in [6, 6.07) is 1.59. The highest BCUT2D eigenvalue weighted by atomic mass is 16.5. The second-order valence-electron chi connectivity index (χ2n) is 7.33. The maximum Gasteiger partial charge on any atom is 0.0561 e. The highest BCUT2D eigenvalue weighted by Crippen LogP contribution is 2.58. The molecule has 102 valence electrons. The SMILES string of the molecule is CC1CC(NC2CC3CC2C2CCCC32)CCO1. The molecule has 1 aliphatic heterocycles. The molecule has 0 aromatic rings. The highest BCUT2D eigenvalue weighted by Gasteiger charge is 2.53. The highest BCUT2D eigenvalue weighted by molar-refractivity contribution is 5.06. The molecular weight excluding hydrogens is 222 g/mol. The van der Waals surface area contributed by atoms with Gasteiger partial charge in [0, 0.05) is 18.7 Å². The van der Waals surface area contributed by atoms with E-state index in [9.17, 15) is 0 Å². The third-order valence-corrected chi connectivity index (χ3v) is 6.36. The molecule has 4 fully saturated rings. The molecule has 4 aliphatic rings. The molecule has 1 N–H and O–H groups in total. The van der Waals surface area contributed by atoms with Crippen molar-refractivity contribution in [2.75, 3.05) is 6.61 Å². The fourth-order valence-corrected chi connectivity index (χ4v) is 5.71. The molecule has 2 bridgehead atoms. The molecule has 0 aromatic carbocycles. The second kappa shape index (κ2) is 4.49. The third-order valence-electron chi connectivity index (χ3n) is 6.36. The van der Waals surface area contributed by atoms with Crippen LogP contribution in [0.15, 0.2) is 0 Å². The molecule has 7 unspecified atom stereocenters. The van der Waals surface area contributed by atoms with Gasteiger partial charge >= 0.3 is 0 Å². The van der Waals surface area contributed by atoms with E-state index in [1.165, 1.54) is 32.1 Å². The van der Waals surface area contributed by atoms with Crippen LogP contribution in [-0.2, 0) is 4.74 Å². The second-order valence-corrected chi connectivity index (χ2v) is 7.33. The van der Waals surface area contributed by atoms with E-state index < -0.39 is 0 Å². The summed E-state index contributed by atoms with van der Waals surface area (Å²) in [5, 5.41) is 4.01. The largest absolute Gasteiger partial charge is 0.378 e. The van der Waals surface area contributed by atoms with Crippen LogP contribution in [0.3, 0.4) is 0 Å². The summed E-state index contributed by atoms with van der Waals surface area (Å²) >= 11 is 0. The van der Waals surface area contributed by atoms with Crippen LogP contribution in [0.25, 0.3) is 0 Å². The molecule has 3 aliphatic carbocycles. The van der Waals surface area contributed by atoms with Crippen molar-refractivity contribution in [3.63, 3.8) is 0 Å². The molecule has 4 rings (SSSR count). The van der Waals surface area contributed by atoms with Crippen LogP contribution in [0.5, 0.6) is 0 Å². The fourth-order valence-electron chi connectivity index (χ4n) is 5.71. The number of ether oxygens (including phenoxy) is 1. The quantitative estimate of drug-likeness (QED) is 0.812. The zero-order valence-electron chi connectivity index (χ0n) is 11.6.